The topological polar surface area (TPSA) is 91.7 Å². The molecule has 0 saturated carbocycles. The van der Waals surface area contributed by atoms with Gasteiger partial charge in [-0.25, -0.2) is 0 Å². The van der Waals surface area contributed by atoms with Crippen LogP contribution in [0.15, 0.2) is 65.5 Å². The van der Waals surface area contributed by atoms with Gasteiger partial charge < -0.3 is 20.0 Å². The summed E-state index contributed by atoms with van der Waals surface area (Å²) < 4.78 is 45.7. The molecule has 2 N–H and O–H groups in total. The first-order valence-electron chi connectivity index (χ1n) is 9.99. The van der Waals surface area contributed by atoms with E-state index in [2.05, 4.69) is 10.6 Å². The molecule has 3 amide bonds. The Morgan fingerprint density at radius 3 is 2.27 bits per heavy atom. The van der Waals surface area contributed by atoms with Gasteiger partial charge in [-0.15, -0.1) is 0 Å². The summed E-state index contributed by atoms with van der Waals surface area (Å²) in [7, 11) is 0. The van der Waals surface area contributed by atoms with Gasteiger partial charge in [-0.3, -0.25) is 14.4 Å². The van der Waals surface area contributed by atoms with Crippen molar-refractivity contribution in [3.63, 3.8) is 0 Å². The van der Waals surface area contributed by atoms with Gasteiger partial charge in [-0.2, -0.15) is 13.2 Å². The second-order valence-electron chi connectivity index (χ2n) is 7.37. The number of amides is 3. The highest BCUT2D eigenvalue weighted by atomic mass is 19.4. The van der Waals surface area contributed by atoms with Crippen LogP contribution in [0.25, 0.3) is 0 Å². The lowest BCUT2D eigenvalue weighted by atomic mass is 10.1. The zero-order valence-electron chi connectivity index (χ0n) is 17.1. The number of carbonyl (C=O) groups excluding carboxylic acids is 3. The summed E-state index contributed by atoms with van der Waals surface area (Å²) in [5.74, 6) is -1.39. The molecule has 0 radical (unpaired) electrons. The van der Waals surface area contributed by atoms with E-state index in [1.807, 2.05) is 0 Å². The van der Waals surface area contributed by atoms with Crippen LogP contribution < -0.4 is 15.5 Å². The van der Waals surface area contributed by atoms with Crippen LogP contribution >= 0.6 is 0 Å². The SMILES string of the molecule is O=C(Nc1ccc(NC(=O)c2ccc(N3CCCC3=O)cc2)c(C(F)(F)F)c1)c1ccoc1. The Hall–Kier alpha value is -4.08. The van der Waals surface area contributed by atoms with E-state index in [-0.39, 0.29) is 22.7 Å². The molecule has 2 heterocycles. The first-order valence-corrected chi connectivity index (χ1v) is 9.99. The average molecular weight is 457 g/mol. The number of carbonyl (C=O) groups is 3. The fraction of sp³-hybridized carbons (Fsp3) is 0.174. The fourth-order valence-electron chi connectivity index (χ4n) is 3.47. The smallest absolute Gasteiger partial charge is 0.418 e. The molecule has 0 aliphatic carbocycles. The van der Waals surface area contributed by atoms with Crippen molar-refractivity contribution in [3.8, 4) is 0 Å². The maximum atomic E-state index is 13.6. The molecule has 4 rings (SSSR count). The Morgan fingerprint density at radius 2 is 1.67 bits per heavy atom. The Kier molecular flexibility index (Phi) is 5.91. The Labute approximate surface area is 186 Å². The summed E-state index contributed by atoms with van der Waals surface area (Å²) in [4.78, 5) is 38.1. The molecule has 7 nitrogen and oxygen atoms in total. The first-order chi connectivity index (χ1) is 15.7. The van der Waals surface area contributed by atoms with Crippen molar-refractivity contribution in [2.24, 2.45) is 0 Å². The van der Waals surface area contributed by atoms with E-state index in [1.165, 1.54) is 36.8 Å². The van der Waals surface area contributed by atoms with E-state index >= 15 is 0 Å². The molecule has 10 heteroatoms. The lowest BCUT2D eigenvalue weighted by Gasteiger charge is -2.17. The standard InChI is InChI=1S/C23H18F3N3O4/c24-23(25,26)18-12-16(27-22(32)15-9-11-33-13-15)5-8-19(18)28-21(31)14-3-6-17(7-4-14)29-10-1-2-20(29)30/h3-9,11-13H,1-2,10H2,(H,27,32)(H,28,31). The van der Waals surface area contributed by atoms with Crippen molar-refractivity contribution >= 4 is 34.8 Å². The highest BCUT2D eigenvalue weighted by molar-refractivity contribution is 6.06. The lowest BCUT2D eigenvalue weighted by molar-refractivity contribution is -0.136. The van der Waals surface area contributed by atoms with Crippen LogP contribution in [0.1, 0.15) is 39.1 Å². The number of rotatable bonds is 5. The number of furan rings is 1. The van der Waals surface area contributed by atoms with Gasteiger partial charge in [0.05, 0.1) is 23.1 Å². The number of hydrogen-bond donors (Lipinski definition) is 2. The van der Waals surface area contributed by atoms with Gasteiger partial charge in [0, 0.05) is 29.9 Å². The average Bonchev–Trinajstić information content (AvgIpc) is 3.46. The van der Waals surface area contributed by atoms with Crippen LogP contribution in [0.2, 0.25) is 0 Å². The van der Waals surface area contributed by atoms with E-state index in [4.69, 9.17) is 4.42 Å². The van der Waals surface area contributed by atoms with Gasteiger partial charge in [0.2, 0.25) is 5.91 Å². The Bertz CT molecular complexity index is 1190. The monoisotopic (exact) mass is 457 g/mol. The molecule has 3 aromatic rings. The molecule has 0 spiro atoms. The molecule has 2 aromatic carbocycles. The van der Waals surface area contributed by atoms with Crippen molar-refractivity contribution in [1.29, 1.82) is 0 Å². The molecular formula is C23H18F3N3O4. The third-order valence-corrected chi connectivity index (χ3v) is 5.13. The quantitative estimate of drug-likeness (QED) is 0.568. The molecule has 1 aliphatic heterocycles. The van der Waals surface area contributed by atoms with Gasteiger partial charge in [0.25, 0.3) is 11.8 Å². The number of benzene rings is 2. The number of hydrogen-bond acceptors (Lipinski definition) is 4. The Balaban J connectivity index is 1.52. The van der Waals surface area contributed by atoms with E-state index in [1.54, 1.807) is 17.0 Å². The molecule has 0 atom stereocenters. The van der Waals surface area contributed by atoms with Crippen molar-refractivity contribution < 1.29 is 32.0 Å². The van der Waals surface area contributed by atoms with Crippen LogP contribution in [-0.4, -0.2) is 24.3 Å². The third-order valence-electron chi connectivity index (χ3n) is 5.13. The highest BCUT2D eigenvalue weighted by Crippen LogP contribution is 2.37. The number of nitrogens with zero attached hydrogens (tertiary/aromatic N) is 1. The highest BCUT2D eigenvalue weighted by Gasteiger charge is 2.34. The third kappa shape index (κ3) is 4.89. The zero-order chi connectivity index (χ0) is 23.6. The Morgan fingerprint density at radius 1 is 0.939 bits per heavy atom. The van der Waals surface area contributed by atoms with Gasteiger partial charge >= 0.3 is 6.18 Å². The minimum atomic E-state index is -4.78. The van der Waals surface area contributed by atoms with Gasteiger partial charge in [0.15, 0.2) is 0 Å². The summed E-state index contributed by atoms with van der Waals surface area (Å²) in [6.07, 6.45) is -1.14. The zero-order valence-corrected chi connectivity index (χ0v) is 17.1. The van der Waals surface area contributed by atoms with Crippen molar-refractivity contribution in [2.75, 3.05) is 22.1 Å². The maximum Gasteiger partial charge on any atom is 0.418 e. The molecule has 1 saturated heterocycles. The molecule has 170 valence electrons. The number of halogens is 3. The minimum Gasteiger partial charge on any atom is -0.472 e. The molecule has 0 bridgehead atoms. The normalized spacial score (nSPS) is 13.8. The molecule has 33 heavy (non-hydrogen) atoms. The molecule has 1 aromatic heterocycles. The van der Waals surface area contributed by atoms with Gasteiger partial charge in [-0.05, 0) is 55.0 Å². The van der Waals surface area contributed by atoms with Crippen LogP contribution in [0.3, 0.4) is 0 Å². The molecule has 0 unspecified atom stereocenters. The van der Waals surface area contributed by atoms with Crippen molar-refractivity contribution in [2.45, 2.75) is 19.0 Å². The molecular weight excluding hydrogens is 439 g/mol. The summed E-state index contributed by atoms with van der Waals surface area (Å²) in [6.45, 7) is 0.586. The van der Waals surface area contributed by atoms with Crippen LogP contribution in [0.5, 0.6) is 0 Å². The van der Waals surface area contributed by atoms with Crippen molar-refractivity contribution in [3.05, 3.63) is 77.7 Å². The van der Waals surface area contributed by atoms with Gasteiger partial charge in [0.1, 0.15) is 6.26 Å². The second-order valence-corrected chi connectivity index (χ2v) is 7.37. The predicted octanol–water partition coefficient (Wildman–Crippen LogP) is 4.93. The van der Waals surface area contributed by atoms with Crippen LogP contribution in [0, 0.1) is 0 Å². The summed E-state index contributed by atoms with van der Waals surface area (Å²) >= 11 is 0. The predicted molar refractivity (Wildman–Crippen MR) is 114 cm³/mol. The van der Waals surface area contributed by atoms with E-state index < -0.39 is 29.2 Å². The van der Waals surface area contributed by atoms with E-state index in [9.17, 15) is 27.6 Å². The maximum absolute atomic E-state index is 13.6. The molecule has 1 aliphatic rings. The van der Waals surface area contributed by atoms with E-state index in [0.717, 1.165) is 18.6 Å². The number of nitrogens with one attached hydrogen (secondary N) is 2. The lowest BCUT2D eigenvalue weighted by Crippen LogP contribution is -2.23. The fourth-order valence-corrected chi connectivity index (χ4v) is 3.47. The van der Waals surface area contributed by atoms with Crippen LogP contribution in [0.4, 0.5) is 30.2 Å². The number of anilines is 3. The summed E-state index contributed by atoms with van der Waals surface area (Å²) in [6, 6.07) is 10.5. The summed E-state index contributed by atoms with van der Waals surface area (Å²) in [5.41, 5.74) is -0.738. The van der Waals surface area contributed by atoms with Gasteiger partial charge in [-0.1, -0.05) is 0 Å². The first kappa shape index (κ1) is 22.1. The van der Waals surface area contributed by atoms with Crippen molar-refractivity contribution in [1.82, 2.24) is 0 Å². The second kappa shape index (κ2) is 8.81. The number of alkyl halides is 3. The minimum absolute atomic E-state index is 0.0121. The summed E-state index contributed by atoms with van der Waals surface area (Å²) in [5, 5.41) is 4.63. The van der Waals surface area contributed by atoms with E-state index in [0.29, 0.717) is 18.7 Å². The molecule has 1 fully saturated rings. The van der Waals surface area contributed by atoms with Crippen LogP contribution in [-0.2, 0) is 11.0 Å². The largest absolute Gasteiger partial charge is 0.472 e.